The summed E-state index contributed by atoms with van der Waals surface area (Å²) in [6, 6.07) is 3.30. The second-order valence-electron chi connectivity index (χ2n) is 10.0. The van der Waals surface area contributed by atoms with Crippen LogP contribution in [0.3, 0.4) is 0 Å². The first kappa shape index (κ1) is 24.7. The highest BCUT2D eigenvalue weighted by molar-refractivity contribution is 5.88. The van der Waals surface area contributed by atoms with Gasteiger partial charge in [-0.25, -0.2) is 9.97 Å². The monoisotopic (exact) mass is 497 g/mol. The average Bonchev–Trinajstić information content (AvgIpc) is 3.53. The van der Waals surface area contributed by atoms with Crippen LogP contribution in [0.2, 0.25) is 0 Å². The maximum atomic E-state index is 10.6. The van der Waals surface area contributed by atoms with Gasteiger partial charge in [0.2, 0.25) is 11.8 Å². The van der Waals surface area contributed by atoms with Gasteiger partial charge in [0.25, 0.3) is 0 Å². The number of furan rings is 1. The Kier molecular flexibility index (Phi) is 7.00. The molecule has 0 amide bonds. The van der Waals surface area contributed by atoms with Crippen LogP contribution in [-0.4, -0.2) is 68.3 Å². The van der Waals surface area contributed by atoms with E-state index in [1.54, 1.807) is 0 Å². The third-order valence-electron chi connectivity index (χ3n) is 7.04. The molecule has 4 atom stereocenters. The zero-order valence-corrected chi connectivity index (χ0v) is 21.0. The van der Waals surface area contributed by atoms with Crippen LogP contribution in [0, 0.1) is 25.7 Å². The predicted molar refractivity (Wildman–Crippen MR) is 136 cm³/mol. The summed E-state index contributed by atoms with van der Waals surface area (Å²) in [6.45, 7) is 7.03. The van der Waals surface area contributed by atoms with Crippen molar-refractivity contribution in [3.63, 3.8) is 0 Å². The number of hydrogen-bond acceptors (Lipinski definition) is 10. The fourth-order valence-corrected chi connectivity index (χ4v) is 4.81. The van der Waals surface area contributed by atoms with Crippen LogP contribution in [0.15, 0.2) is 16.5 Å². The summed E-state index contributed by atoms with van der Waals surface area (Å²) >= 11 is 0. The number of aryl methyl sites for hydroxylation is 2. The molecule has 2 aliphatic carbocycles. The lowest BCUT2D eigenvalue weighted by atomic mass is 10.1. The molecule has 0 aromatic carbocycles. The van der Waals surface area contributed by atoms with Gasteiger partial charge in [0.15, 0.2) is 5.58 Å². The Bertz CT molecular complexity index is 1230. The number of anilines is 2. The third kappa shape index (κ3) is 4.98. The first-order valence-electron chi connectivity index (χ1n) is 12.8. The molecule has 0 aliphatic heterocycles. The number of nitrogens with one attached hydrogen (secondary N) is 2. The molecular formula is C26H35N5O5. The van der Waals surface area contributed by atoms with E-state index < -0.39 is 24.2 Å². The Morgan fingerprint density at radius 3 is 2.58 bits per heavy atom. The SMILES string of the molecule is CCCOc1cc2cc(-c3c(C)nc(NCC4CC4)nc3NC3CC(CO)C(O)C3O)oc2c(C)n1. The molecule has 10 heteroatoms. The Labute approximate surface area is 210 Å². The smallest absolute Gasteiger partial charge is 0.224 e. The molecule has 2 saturated carbocycles. The Balaban J connectivity index is 1.53. The number of pyridine rings is 1. The van der Waals surface area contributed by atoms with Crippen molar-refractivity contribution in [2.24, 2.45) is 11.8 Å². The highest BCUT2D eigenvalue weighted by Crippen LogP contribution is 2.38. The quantitative estimate of drug-likeness (QED) is 0.283. The highest BCUT2D eigenvalue weighted by atomic mass is 16.5. The minimum absolute atomic E-state index is 0.196. The summed E-state index contributed by atoms with van der Waals surface area (Å²) in [7, 11) is 0. The molecule has 194 valence electrons. The van der Waals surface area contributed by atoms with Gasteiger partial charge in [-0.15, -0.1) is 0 Å². The number of aliphatic hydroxyl groups excluding tert-OH is 3. The maximum Gasteiger partial charge on any atom is 0.224 e. The molecule has 0 saturated heterocycles. The van der Waals surface area contributed by atoms with Gasteiger partial charge < -0.3 is 35.1 Å². The largest absolute Gasteiger partial charge is 0.478 e. The number of rotatable bonds is 10. The number of aromatic nitrogens is 3. The zero-order valence-electron chi connectivity index (χ0n) is 21.0. The van der Waals surface area contributed by atoms with Crippen molar-refractivity contribution < 1.29 is 24.5 Å². The summed E-state index contributed by atoms with van der Waals surface area (Å²) in [4.78, 5) is 13.9. The molecule has 3 aromatic rings. The van der Waals surface area contributed by atoms with Crippen LogP contribution >= 0.6 is 0 Å². The zero-order chi connectivity index (χ0) is 25.4. The van der Waals surface area contributed by atoms with Crippen LogP contribution in [0.25, 0.3) is 22.3 Å². The molecular weight excluding hydrogens is 462 g/mol. The van der Waals surface area contributed by atoms with Gasteiger partial charge >= 0.3 is 0 Å². The van der Waals surface area contributed by atoms with E-state index in [4.69, 9.17) is 14.1 Å². The molecule has 5 N–H and O–H groups in total. The van der Waals surface area contributed by atoms with Gasteiger partial charge in [0.1, 0.15) is 17.7 Å². The average molecular weight is 498 g/mol. The fraction of sp³-hybridized carbons (Fsp3) is 0.577. The van der Waals surface area contributed by atoms with Crippen molar-refractivity contribution in [3.8, 4) is 17.2 Å². The van der Waals surface area contributed by atoms with E-state index in [2.05, 4.69) is 20.6 Å². The van der Waals surface area contributed by atoms with Gasteiger partial charge in [-0.2, -0.15) is 4.98 Å². The summed E-state index contributed by atoms with van der Waals surface area (Å²) in [5.41, 5.74) is 2.77. The number of hydrogen-bond donors (Lipinski definition) is 5. The summed E-state index contributed by atoms with van der Waals surface area (Å²) in [5, 5.41) is 38.1. The number of aliphatic hydroxyl groups is 3. The van der Waals surface area contributed by atoms with Crippen molar-refractivity contribution in [1.82, 2.24) is 15.0 Å². The molecule has 3 heterocycles. The molecule has 5 rings (SSSR count). The molecule has 0 bridgehead atoms. The number of ether oxygens (including phenoxy) is 1. The normalized spacial score (nSPS) is 23.8. The van der Waals surface area contributed by atoms with Crippen molar-refractivity contribution in [1.29, 1.82) is 0 Å². The standard InChI is InChI=1S/C26H35N5O5/c1-4-7-35-20-10-16-9-19(36-24(16)14(3)28-20)21-13(2)29-26(27-11-15-5-6-15)31-25(21)30-18-8-17(12-32)22(33)23(18)34/h9-10,15,17-18,22-23,32-34H,4-8,11-12H2,1-3H3,(H2,27,29,30,31). The first-order valence-corrected chi connectivity index (χ1v) is 12.8. The third-order valence-corrected chi connectivity index (χ3v) is 7.04. The van der Waals surface area contributed by atoms with Crippen molar-refractivity contribution in [2.75, 3.05) is 30.4 Å². The van der Waals surface area contributed by atoms with E-state index >= 15 is 0 Å². The molecule has 3 aromatic heterocycles. The van der Waals surface area contributed by atoms with E-state index in [0.717, 1.165) is 24.0 Å². The molecule has 2 fully saturated rings. The minimum Gasteiger partial charge on any atom is -0.478 e. The second-order valence-corrected chi connectivity index (χ2v) is 10.0. The number of nitrogens with zero attached hydrogens (tertiary/aromatic N) is 3. The highest BCUT2D eigenvalue weighted by Gasteiger charge is 2.41. The lowest BCUT2D eigenvalue weighted by Gasteiger charge is -2.21. The van der Waals surface area contributed by atoms with E-state index in [-0.39, 0.29) is 6.61 Å². The van der Waals surface area contributed by atoms with Crippen molar-refractivity contribution in [2.45, 2.75) is 64.7 Å². The van der Waals surface area contributed by atoms with E-state index in [1.807, 2.05) is 32.9 Å². The van der Waals surface area contributed by atoms with Crippen molar-refractivity contribution >= 4 is 22.7 Å². The molecule has 0 spiro atoms. The summed E-state index contributed by atoms with van der Waals surface area (Å²) in [6.07, 6.45) is 1.68. The molecule has 2 aliphatic rings. The van der Waals surface area contributed by atoms with Gasteiger partial charge in [-0.05, 0) is 51.5 Å². The van der Waals surface area contributed by atoms with Crippen LogP contribution in [-0.2, 0) is 0 Å². The van der Waals surface area contributed by atoms with Gasteiger partial charge in [0.05, 0.1) is 35.7 Å². The topological polar surface area (TPSA) is 146 Å². The van der Waals surface area contributed by atoms with Crippen LogP contribution in [0.4, 0.5) is 11.8 Å². The lowest BCUT2D eigenvalue weighted by Crippen LogP contribution is -2.35. The van der Waals surface area contributed by atoms with Gasteiger partial charge in [-0.3, -0.25) is 0 Å². The molecule has 36 heavy (non-hydrogen) atoms. The molecule has 10 nitrogen and oxygen atoms in total. The summed E-state index contributed by atoms with van der Waals surface area (Å²) < 4.78 is 12.0. The Morgan fingerprint density at radius 2 is 1.89 bits per heavy atom. The Morgan fingerprint density at radius 1 is 1.08 bits per heavy atom. The van der Waals surface area contributed by atoms with Gasteiger partial charge in [-0.1, -0.05) is 6.92 Å². The summed E-state index contributed by atoms with van der Waals surface area (Å²) in [5.74, 6) is 2.38. The fourth-order valence-electron chi connectivity index (χ4n) is 4.81. The van der Waals surface area contributed by atoms with Gasteiger partial charge in [0, 0.05) is 30.5 Å². The van der Waals surface area contributed by atoms with Crippen molar-refractivity contribution in [3.05, 3.63) is 23.5 Å². The van der Waals surface area contributed by atoms with E-state index in [9.17, 15) is 15.3 Å². The predicted octanol–water partition coefficient (Wildman–Crippen LogP) is 3.03. The molecule has 0 radical (unpaired) electrons. The minimum atomic E-state index is -1.03. The Hall–Kier alpha value is -2.95. The number of fused-ring (bicyclic) bond motifs is 1. The van der Waals surface area contributed by atoms with Crippen LogP contribution < -0.4 is 15.4 Å². The van der Waals surface area contributed by atoms with E-state index in [0.29, 0.717) is 59.2 Å². The first-order chi connectivity index (χ1) is 17.4. The second kappa shape index (κ2) is 10.2. The molecule has 4 unspecified atom stereocenters. The van der Waals surface area contributed by atoms with E-state index in [1.165, 1.54) is 12.8 Å². The van der Waals surface area contributed by atoms with Crippen LogP contribution in [0.1, 0.15) is 44.0 Å². The lowest BCUT2D eigenvalue weighted by molar-refractivity contribution is 0.00446. The maximum absolute atomic E-state index is 10.6. The van der Waals surface area contributed by atoms with Crippen LogP contribution in [0.5, 0.6) is 5.88 Å².